The van der Waals surface area contributed by atoms with Gasteiger partial charge in [0.05, 0.1) is 0 Å². The minimum absolute atomic E-state index is 0.134. The maximum absolute atomic E-state index is 14.0. The fourth-order valence-electron chi connectivity index (χ4n) is 2.43. The number of benzene rings is 2. The second kappa shape index (κ2) is 5.04. The smallest absolute Gasteiger partial charge is 0.134 e. The Balaban J connectivity index is 2.15. The molecule has 20 heavy (non-hydrogen) atoms. The molecule has 2 aromatic carbocycles. The number of rotatable bonds is 2. The highest BCUT2D eigenvalue weighted by Gasteiger charge is 2.26. The van der Waals surface area contributed by atoms with Crippen molar-refractivity contribution in [2.75, 3.05) is 6.54 Å². The van der Waals surface area contributed by atoms with E-state index < -0.39 is 11.6 Å². The Bertz CT molecular complexity index is 675. The Hall–Kier alpha value is -1.65. The third kappa shape index (κ3) is 2.25. The Morgan fingerprint density at radius 1 is 1.20 bits per heavy atom. The Kier molecular flexibility index (Phi) is 3.36. The molecule has 0 unspecified atom stereocenters. The molecule has 1 aliphatic rings. The van der Waals surface area contributed by atoms with Gasteiger partial charge in [-0.05, 0) is 29.8 Å². The molecule has 1 aliphatic heterocycles. The summed E-state index contributed by atoms with van der Waals surface area (Å²) in [5.74, 6) is -0.685. The highest BCUT2D eigenvalue weighted by atomic mass is 35.5. The van der Waals surface area contributed by atoms with Gasteiger partial charge in [0.2, 0.25) is 0 Å². The third-order valence-electron chi connectivity index (χ3n) is 3.35. The van der Waals surface area contributed by atoms with Gasteiger partial charge >= 0.3 is 0 Å². The van der Waals surface area contributed by atoms with Gasteiger partial charge in [-0.25, -0.2) is 8.78 Å². The van der Waals surface area contributed by atoms with E-state index in [9.17, 15) is 8.78 Å². The van der Waals surface area contributed by atoms with Gasteiger partial charge in [0, 0.05) is 35.2 Å². The van der Waals surface area contributed by atoms with Crippen molar-refractivity contribution in [3.05, 3.63) is 52.6 Å². The molecule has 0 bridgehead atoms. The summed E-state index contributed by atoms with van der Waals surface area (Å²) in [5.41, 5.74) is 7.30. The maximum atomic E-state index is 14.0. The highest BCUT2D eigenvalue weighted by molar-refractivity contribution is 6.31. The molecule has 0 aliphatic carbocycles. The Morgan fingerprint density at radius 3 is 2.70 bits per heavy atom. The molecule has 5 heteroatoms. The average Bonchev–Trinajstić information content (AvgIpc) is 2.81. The quantitative estimate of drug-likeness (QED) is 0.919. The molecule has 0 fully saturated rings. The summed E-state index contributed by atoms with van der Waals surface area (Å²) in [5, 5.41) is 0.490. The number of fused-ring (bicyclic) bond motifs is 1. The largest absolute Gasteiger partial charge is 0.488 e. The first kappa shape index (κ1) is 13.3. The molecular weight excluding hydrogens is 284 g/mol. The van der Waals surface area contributed by atoms with Gasteiger partial charge in [-0.1, -0.05) is 11.6 Å². The van der Waals surface area contributed by atoms with E-state index in [1.54, 1.807) is 12.1 Å². The number of hydrogen-bond acceptors (Lipinski definition) is 2. The lowest BCUT2D eigenvalue weighted by atomic mass is 10.00. The molecular formula is C15H12ClF2NO. The molecule has 0 amide bonds. The van der Waals surface area contributed by atoms with Crippen molar-refractivity contribution >= 4 is 11.6 Å². The SMILES string of the molecule is NC[C@@H]1Cc2cc(Cl)cc(-c3ccc(F)cc3F)c2O1. The van der Waals surface area contributed by atoms with E-state index in [1.807, 2.05) is 0 Å². The van der Waals surface area contributed by atoms with Crippen molar-refractivity contribution in [2.45, 2.75) is 12.5 Å². The van der Waals surface area contributed by atoms with Crippen LogP contribution in [0.3, 0.4) is 0 Å². The zero-order valence-corrected chi connectivity index (χ0v) is 11.3. The second-order valence-electron chi connectivity index (χ2n) is 4.75. The van der Waals surface area contributed by atoms with Crippen LogP contribution in [0.4, 0.5) is 8.78 Å². The molecule has 0 radical (unpaired) electrons. The van der Waals surface area contributed by atoms with Crippen molar-refractivity contribution in [3.63, 3.8) is 0 Å². The van der Waals surface area contributed by atoms with Crippen LogP contribution in [-0.2, 0) is 6.42 Å². The van der Waals surface area contributed by atoms with Gasteiger partial charge in [-0.15, -0.1) is 0 Å². The topological polar surface area (TPSA) is 35.2 Å². The summed E-state index contributed by atoms with van der Waals surface area (Å²) < 4.78 is 32.7. The molecule has 0 saturated heterocycles. The van der Waals surface area contributed by atoms with Crippen molar-refractivity contribution in [1.82, 2.24) is 0 Å². The Morgan fingerprint density at radius 2 is 2.00 bits per heavy atom. The van der Waals surface area contributed by atoms with Crippen molar-refractivity contribution < 1.29 is 13.5 Å². The van der Waals surface area contributed by atoms with Crippen molar-refractivity contribution in [2.24, 2.45) is 5.73 Å². The second-order valence-corrected chi connectivity index (χ2v) is 5.18. The molecule has 3 rings (SSSR count). The predicted octanol–water partition coefficient (Wildman–Crippen LogP) is 3.55. The molecule has 2 N–H and O–H groups in total. The van der Waals surface area contributed by atoms with E-state index in [1.165, 1.54) is 12.1 Å². The van der Waals surface area contributed by atoms with Gasteiger partial charge in [0.25, 0.3) is 0 Å². The first-order valence-electron chi connectivity index (χ1n) is 6.23. The van der Waals surface area contributed by atoms with E-state index in [0.29, 0.717) is 29.3 Å². The van der Waals surface area contributed by atoms with Gasteiger partial charge in [0.1, 0.15) is 23.5 Å². The van der Waals surface area contributed by atoms with E-state index in [2.05, 4.69) is 0 Å². The summed E-state index contributed by atoms with van der Waals surface area (Å²) >= 11 is 6.07. The molecule has 2 aromatic rings. The van der Waals surface area contributed by atoms with E-state index in [4.69, 9.17) is 22.1 Å². The van der Waals surface area contributed by atoms with E-state index >= 15 is 0 Å². The lowest BCUT2D eigenvalue weighted by Gasteiger charge is -2.12. The lowest BCUT2D eigenvalue weighted by molar-refractivity contribution is 0.242. The molecule has 1 heterocycles. The summed E-state index contributed by atoms with van der Waals surface area (Å²) in [6, 6.07) is 6.85. The normalized spacial score (nSPS) is 16.9. The molecule has 0 aromatic heterocycles. The number of halogens is 3. The van der Waals surface area contributed by atoms with Crippen LogP contribution in [0.1, 0.15) is 5.56 Å². The highest BCUT2D eigenvalue weighted by Crippen LogP contribution is 2.41. The first-order chi connectivity index (χ1) is 9.58. The summed E-state index contributed by atoms with van der Waals surface area (Å²) in [6.45, 7) is 0.373. The molecule has 0 saturated carbocycles. The van der Waals surface area contributed by atoms with Crippen LogP contribution in [0.25, 0.3) is 11.1 Å². The van der Waals surface area contributed by atoms with Crippen LogP contribution in [0.15, 0.2) is 30.3 Å². The number of ether oxygens (including phenoxy) is 1. The molecule has 0 spiro atoms. The number of hydrogen-bond donors (Lipinski definition) is 1. The lowest BCUT2D eigenvalue weighted by Crippen LogP contribution is -2.24. The van der Waals surface area contributed by atoms with Gasteiger partial charge in [-0.2, -0.15) is 0 Å². The van der Waals surface area contributed by atoms with E-state index in [0.717, 1.165) is 11.6 Å². The molecule has 1 atom stereocenters. The average molecular weight is 296 g/mol. The zero-order valence-electron chi connectivity index (χ0n) is 10.5. The van der Waals surface area contributed by atoms with E-state index in [-0.39, 0.29) is 11.7 Å². The molecule has 104 valence electrons. The fourth-order valence-corrected chi connectivity index (χ4v) is 2.67. The summed E-state index contributed by atoms with van der Waals surface area (Å²) in [7, 11) is 0. The van der Waals surface area contributed by atoms with Crippen LogP contribution in [0, 0.1) is 11.6 Å². The van der Waals surface area contributed by atoms with Crippen LogP contribution >= 0.6 is 11.6 Å². The third-order valence-corrected chi connectivity index (χ3v) is 3.57. The van der Waals surface area contributed by atoms with Crippen LogP contribution in [-0.4, -0.2) is 12.6 Å². The van der Waals surface area contributed by atoms with Crippen LogP contribution in [0.2, 0.25) is 5.02 Å². The van der Waals surface area contributed by atoms with Gasteiger partial charge < -0.3 is 10.5 Å². The van der Waals surface area contributed by atoms with Crippen molar-refractivity contribution in [3.8, 4) is 16.9 Å². The fraction of sp³-hybridized carbons (Fsp3) is 0.200. The standard InChI is InChI=1S/C15H12ClF2NO/c16-9-3-8-4-11(7-19)20-15(8)13(5-9)12-2-1-10(17)6-14(12)18/h1-3,5-6,11H,4,7,19H2/t11-/m0/s1. The van der Waals surface area contributed by atoms with Crippen LogP contribution in [0.5, 0.6) is 5.75 Å². The van der Waals surface area contributed by atoms with Crippen molar-refractivity contribution in [1.29, 1.82) is 0 Å². The predicted molar refractivity (Wildman–Crippen MR) is 74.0 cm³/mol. The van der Waals surface area contributed by atoms with Gasteiger partial charge in [0.15, 0.2) is 0 Å². The monoisotopic (exact) mass is 295 g/mol. The first-order valence-corrected chi connectivity index (χ1v) is 6.61. The number of nitrogens with two attached hydrogens (primary N) is 1. The molecule has 2 nitrogen and oxygen atoms in total. The van der Waals surface area contributed by atoms with Crippen LogP contribution < -0.4 is 10.5 Å². The minimum atomic E-state index is -0.644. The zero-order chi connectivity index (χ0) is 14.3. The summed E-state index contributed by atoms with van der Waals surface area (Å²) in [6.07, 6.45) is 0.507. The minimum Gasteiger partial charge on any atom is -0.488 e. The Labute approximate surface area is 120 Å². The van der Waals surface area contributed by atoms with Gasteiger partial charge in [-0.3, -0.25) is 0 Å². The summed E-state index contributed by atoms with van der Waals surface area (Å²) in [4.78, 5) is 0. The maximum Gasteiger partial charge on any atom is 0.134 e.